The van der Waals surface area contributed by atoms with Crippen molar-refractivity contribution in [3.05, 3.63) is 38.9 Å². The minimum absolute atomic E-state index is 0.0694. The van der Waals surface area contributed by atoms with Gasteiger partial charge in [-0.3, -0.25) is 14.9 Å². The molecule has 0 saturated heterocycles. The number of carbonyl (C=O) groups is 1. The average molecular weight is 283 g/mol. The molecule has 0 bridgehead atoms. The van der Waals surface area contributed by atoms with Crippen molar-refractivity contribution in [3.8, 4) is 0 Å². The summed E-state index contributed by atoms with van der Waals surface area (Å²) in [6, 6.07) is 4.22. The highest BCUT2D eigenvalue weighted by atomic mass is 35.5. The number of rotatable bonds is 3. The van der Waals surface area contributed by atoms with Crippen LogP contribution in [0, 0.1) is 10.1 Å². The second-order valence-corrected chi connectivity index (χ2v) is 5.16. The SMILES string of the molecule is O=C(NC1CCCCC1)c1ccc(Cl)cc1[N+](=O)[O-]. The molecule has 19 heavy (non-hydrogen) atoms. The molecule has 0 aliphatic heterocycles. The van der Waals surface area contributed by atoms with Gasteiger partial charge in [0, 0.05) is 17.1 Å². The van der Waals surface area contributed by atoms with E-state index >= 15 is 0 Å². The number of halogens is 1. The molecule has 1 saturated carbocycles. The smallest absolute Gasteiger partial charge is 0.283 e. The standard InChI is InChI=1S/C13H15ClN2O3/c14-9-6-7-11(12(8-9)16(18)19)13(17)15-10-4-2-1-3-5-10/h6-8,10H,1-5H2,(H,15,17). The fourth-order valence-electron chi connectivity index (χ4n) is 2.36. The van der Waals surface area contributed by atoms with Gasteiger partial charge in [0.2, 0.25) is 0 Å². The Kier molecular flexibility index (Phi) is 4.37. The lowest BCUT2D eigenvalue weighted by molar-refractivity contribution is -0.385. The molecule has 6 heteroatoms. The fourth-order valence-corrected chi connectivity index (χ4v) is 2.52. The molecule has 1 aliphatic rings. The first-order valence-corrected chi connectivity index (χ1v) is 6.70. The van der Waals surface area contributed by atoms with Gasteiger partial charge in [-0.2, -0.15) is 0 Å². The van der Waals surface area contributed by atoms with Gasteiger partial charge in [0.05, 0.1) is 4.92 Å². The Bertz CT molecular complexity index is 499. The number of carbonyl (C=O) groups excluding carboxylic acids is 1. The molecule has 1 amide bonds. The first-order valence-electron chi connectivity index (χ1n) is 6.33. The average Bonchev–Trinajstić information content (AvgIpc) is 2.39. The number of benzene rings is 1. The van der Waals surface area contributed by atoms with Crippen LogP contribution in [0.15, 0.2) is 18.2 Å². The lowest BCUT2D eigenvalue weighted by atomic mass is 9.95. The van der Waals surface area contributed by atoms with Crippen LogP contribution in [0.4, 0.5) is 5.69 Å². The van der Waals surface area contributed by atoms with Crippen LogP contribution in [-0.2, 0) is 0 Å². The van der Waals surface area contributed by atoms with Crippen LogP contribution in [0.2, 0.25) is 5.02 Å². The van der Waals surface area contributed by atoms with E-state index in [-0.39, 0.29) is 22.3 Å². The largest absolute Gasteiger partial charge is 0.349 e. The maximum Gasteiger partial charge on any atom is 0.283 e. The number of hydrogen-bond donors (Lipinski definition) is 1. The summed E-state index contributed by atoms with van der Waals surface area (Å²) < 4.78 is 0. The highest BCUT2D eigenvalue weighted by molar-refractivity contribution is 6.31. The van der Waals surface area contributed by atoms with Crippen LogP contribution in [-0.4, -0.2) is 16.9 Å². The minimum Gasteiger partial charge on any atom is -0.349 e. The van der Waals surface area contributed by atoms with Crippen molar-refractivity contribution in [1.29, 1.82) is 0 Å². The van der Waals surface area contributed by atoms with E-state index in [1.54, 1.807) is 0 Å². The zero-order chi connectivity index (χ0) is 13.8. The quantitative estimate of drug-likeness (QED) is 0.683. The molecule has 2 rings (SSSR count). The van der Waals surface area contributed by atoms with E-state index in [1.807, 2.05) is 0 Å². The predicted octanol–water partition coefficient (Wildman–Crippen LogP) is 3.31. The predicted molar refractivity (Wildman–Crippen MR) is 72.4 cm³/mol. The Morgan fingerprint density at radius 2 is 2.00 bits per heavy atom. The number of hydrogen-bond acceptors (Lipinski definition) is 3. The third kappa shape index (κ3) is 3.44. The van der Waals surface area contributed by atoms with Crippen molar-refractivity contribution in [3.63, 3.8) is 0 Å². The van der Waals surface area contributed by atoms with Gasteiger partial charge in [0.15, 0.2) is 0 Å². The van der Waals surface area contributed by atoms with Gasteiger partial charge < -0.3 is 5.32 Å². The normalized spacial score (nSPS) is 16.1. The Balaban J connectivity index is 2.16. The van der Waals surface area contributed by atoms with Crippen LogP contribution in [0.25, 0.3) is 0 Å². The molecule has 1 N–H and O–H groups in total. The van der Waals surface area contributed by atoms with Crippen molar-refractivity contribution < 1.29 is 9.72 Å². The van der Waals surface area contributed by atoms with Crippen LogP contribution in [0.1, 0.15) is 42.5 Å². The van der Waals surface area contributed by atoms with Gasteiger partial charge in [-0.1, -0.05) is 30.9 Å². The van der Waals surface area contributed by atoms with Gasteiger partial charge in [-0.15, -0.1) is 0 Å². The van der Waals surface area contributed by atoms with Crippen molar-refractivity contribution >= 4 is 23.2 Å². The van der Waals surface area contributed by atoms with Crippen LogP contribution in [0.3, 0.4) is 0 Å². The summed E-state index contributed by atoms with van der Waals surface area (Å²) in [5.41, 5.74) is -0.180. The van der Waals surface area contributed by atoms with Crippen molar-refractivity contribution in [2.45, 2.75) is 38.1 Å². The zero-order valence-corrected chi connectivity index (χ0v) is 11.2. The van der Waals surface area contributed by atoms with Crippen LogP contribution >= 0.6 is 11.6 Å². The Hall–Kier alpha value is -1.62. The second-order valence-electron chi connectivity index (χ2n) is 4.73. The second kappa shape index (κ2) is 6.02. The van der Waals surface area contributed by atoms with Gasteiger partial charge in [-0.05, 0) is 25.0 Å². The van der Waals surface area contributed by atoms with Crippen molar-refractivity contribution in [1.82, 2.24) is 5.32 Å². The molecule has 0 atom stereocenters. The molecule has 5 nitrogen and oxygen atoms in total. The third-order valence-electron chi connectivity index (χ3n) is 3.34. The van der Waals surface area contributed by atoms with Gasteiger partial charge in [-0.25, -0.2) is 0 Å². The maximum atomic E-state index is 12.1. The molecule has 1 fully saturated rings. The topological polar surface area (TPSA) is 72.2 Å². The van der Waals surface area contributed by atoms with E-state index < -0.39 is 10.8 Å². The molecular weight excluding hydrogens is 268 g/mol. The van der Waals surface area contributed by atoms with E-state index in [2.05, 4.69) is 5.32 Å². The van der Waals surface area contributed by atoms with Crippen molar-refractivity contribution in [2.24, 2.45) is 0 Å². The molecule has 0 heterocycles. The molecule has 0 aromatic heterocycles. The van der Waals surface area contributed by atoms with E-state index in [1.165, 1.54) is 24.6 Å². The third-order valence-corrected chi connectivity index (χ3v) is 3.58. The van der Waals surface area contributed by atoms with Gasteiger partial charge >= 0.3 is 0 Å². The minimum atomic E-state index is -0.582. The summed E-state index contributed by atoms with van der Waals surface area (Å²) in [7, 11) is 0. The van der Waals surface area contributed by atoms with E-state index in [4.69, 9.17) is 11.6 Å². The number of amides is 1. The highest BCUT2D eigenvalue weighted by Crippen LogP contribution is 2.24. The molecule has 0 unspecified atom stereocenters. The molecule has 1 aromatic carbocycles. The fraction of sp³-hybridized carbons (Fsp3) is 0.462. The summed E-state index contributed by atoms with van der Waals surface area (Å²) in [5, 5.41) is 14.1. The van der Waals surface area contributed by atoms with Crippen LogP contribution in [0.5, 0.6) is 0 Å². The number of nitrogens with one attached hydrogen (secondary N) is 1. The monoisotopic (exact) mass is 282 g/mol. The lowest BCUT2D eigenvalue weighted by Crippen LogP contribution is -2.36. The van der Waals surface area contributed by atoms with E-state index in [0.29, 0.717) is 0 Å². The highest BCUT2D eigenvalue weighted by Gasteiger charge is 2.23. The Labute approximate surface area is 116 Å². The van der Waals surface area contributed by atoms with Gasteiger partial charge in [0.25, 0.3) is 11.6 Å². The summed E-state index contributed by atoms with van der Waals surface area (Å²) in [5.74, 6) is -0.393. The molecule has 0 radical (unpaired) electrons. The number of nitro groups is 1. The molecule has 1 aliphatic carbocycles. The summed E-state index contributed by atoms with van der Waals surface area (Å²) in [4.78, 5) is 22.4. The first-order chi connectivity index (χ1) is 9.08. The number of nitrogens with zero attached hydrogens (tertiary/aromatic N) is 1. The molecular formula is C13H15ClN2O3. The summed E-state index contributed by atoms with van der Waals surface area (Å²) in [6.07, 6.45) is 5.25. The van der Waals surface area contributed by atoms with Crippen molar-refractivity contribution in [2.75, 3.05) is 0 Å². The van der Waals surface area contributed by atoms with Crippen LogP contribution < -0.4 is 5.32 Å². The number of nitro benzene ring substituents is 1. The van der Waals surface area contributed by atoms with E-state index in [0.717, 1.165) is 25.7 Å². The Morgan fingerprint density at radius 1 is 1.32 bits per heavy atom. The molecule has 102 valence electrons. The summed E-state index contributed by atoms with van der Waals surface area (Å²) >= 11 is 5.72. The Morgan fingerprint density at radius 3 is 2.63 bits per heavy atom. The van der Waals surface area contributed by atoms with E-state index in [9.17, 15) is 14.9 Å². The summed E-state index contributed by atoms with van der Waals surface area (Å²) in [6.45, 7) is 0. The zero-order valence-electron chi connectivity index (χ0n) is 10.4. The first kappa shape index (κ1) is 13.8. The maximum absolute atomic E-state index is 12.1. The molecule has 0 spiro atoms. The lowest BCUT2D eigenvalue weighted by Gasteiger charge is -2.22. The van der Waals surface area contributed by atoms with Gasteiger partial charge in [0.1, 0.15) is 5.56 Å². The molecule has 1 aromatic rings.